The Labute approximate surface area is 204 Å². The van der Waals surface area contributed by atoms with Gasteiger partial charge in [-0.05, 0) is 43.9 Å². The Morgan fingerprint density at radius 2 is 1.77 bits per heavy atom. The molecule has 35 heavy (non-hydrogen) atoms. The number of hydrogen-bond acceptors (Lipinski definition) is 7. The molecule has 1 aromatic carbocycles. The van der Waals surface area contributed by atoms with Crippen molar-refractivity contribution in [2.75, 3.05) is 39.8 Å². The lowest BCUT2D eigenvalue weighted by molar-refractivity contribution is 0.0415. The van der Waals surface area contributed by atoms with Crippen molar-refractivity contribution in [2.45, 2.75) is 51.2 Å². The summed E-state index contributed by atoms with van der Waals surface area (Å²) in [6.07, 6.45) is 4.58. The Kier molecular flexibility index (Phi) is 8.35. The van der Waals surface area contributed by atoms with E-state index in [1.807, 2.05) is 6.07 Å². The molecule has 2 aromatic rings. The van der Waals surface area contributed by atoms with Crippen LogP contribution in [0.25, 0.3) is 0 Å². The zero-order chi connectivity index (χ0) is 24.8. The normalized spacial score (nSPS) is 18.0. The summed E-state index contributed by atoms with van der Waals surface area (Å²) in [7, 11) is 1.76. The molecule has 2 fully saturated rings. The molecule has 0 atom stereocenters. The molecule has 2 saturated heterocycles. The van der Waals surface area contributed by atoms with Gasteiger partial charge in [0.1, 0.15) is 12.4 Å². The van der Waals surface area contributed by atoms with E-state index in [-0.39, 0.29) is 17.7 Å². The number of nitrogens with zero attached hydrogens (tertiary/aromatic N) is 4. The highest BCUT2D eigenvalue weighted by Crippen LogP contribution is 2.31. The molecular weight excluding hydrogens is 455 g/mol. The molecule has 1 aromatic heterocycles. The molecule has 0 aliphatic carbocycles. The Morgan fingerprint density at radius 1 is 1.09 bits per heavy atom. The first-order valence-corrected chi connectivity index (χ1v) is 12.1. The Bertz CT molecular complexity index is 1010. The topological polar surface area (TPSA) is 97.3 Å². The van der Waals surface area contributed by atoms with Gasteiger partial charge in [0.2, 0.25) is 11.8 Å². The number of likely N-dealkylation sites (tertiary alicyclic amines) is 2. The van der Waals surface area contributed by atoms with Gasteiger partial charge in [-0.1, -0.05) is 6.07 Å². The van der Waals surface area contributed by atoms with Crippen LogP contribution in [0.1, 0.15) is 36.8 Å². The standard InChI is InChI=1S/C25H33FN4O5/c1-17-23(34-20-8-13-30(14-9-20)25(31)32)27-16-28-24(17)35-22-4-3-18(15-21(22)26)5-10-29-11-6-19(33-2)7-12-29/h3-4,15-16,19-20H,5-14H2,1-2H3,(H,31,32). The number of ether oxygens (including phenoxy) is 3. The minimum Gasteiger partial charge on any atom is -0.474 e. The molecule has 10 heteroatoms. The molecule has 0 spiro atoms. The third-order valence-electron chi connectivity index (χ3n) is 6.77. The van der Waals surface area contributed by atoms with Gasteiger partial charge in [0.05, 0.1) is 11.7 Å². The maximum absolute atomic E-state index is 14.8. The maximum Gasteiger partial charge on any atom is 0.407 e. The van der Waals surface area contributed by atoms with E-state index in [0.29, 0.717) is 43.5 Å². The monoisotopic (exact) mass is 488 g/mol. The first kappa shape index (κ1) is 25.1. The van der Waals surface area contributed by atoms with Crippen molar-refractivity contribution in [3.05, 3.63) is 41.5 Å². The van der Waals surface area contributed by atoms with Crippen LogP contribution < -0.4 is 9.47 Å². The van der Waals surface area contributed by atoms with Crippen LogP contribution in [-0.4, -0.2) is 83.0 Å². The van der Waals surface area contributed by atoms with Gasteiger partial charge in [-0.2, -0.15) is 0 Å². The van der Waals surface area contributed by atoms with Gasteiger partial charge in [0, 0.05) is 52.7 Å². The largest absolute Gasteiger partial charge is 0.474 e. The van der Waals surface area contributed by atoms with Gasteiger partial charge in [-0.25, -0.2) is 19.2 Å². The molecule has 2 aliphatic heterocycles. The van der Waals surface area contributed by atoms with Crippen LogP contribution in [0.4, 0.5) is 9.18 Å². The molecular formula is C25H33FN4O5. The first-order valence-electron chi connectivity index (χ1n) is 12.1. The number of piperidine rings is 2. The number of amides is 1. The molecule has 1 N–H and O–H groups in total. The molecule has 2 aliphatic rings. The molecule has 0 radical (unpaired) electrons. The highest BCUT2D eigenvalue weighted by atomic mass is 19.1. The van der Waals surface area contributed by atoms with E-state index < -0.39 is 11.9 Å². The van der Waals surface area contributed by atoms with E-state index in [9.17, 15) is 9.18 Å². The minimum atomic E-state index is -0.919. The van der Waals surface area contributed by atoms with Crippen LogP contribution in [0.15, 0.2) is 24.5 Å². The average Bonchev–Trinajstić information content (AvgIpc) is 2.87. The number of hydrogen-bond donors (Lipinski definition) is 1. The predicted octanol–water partition coefficient (Wildman–Crippen LogP) is 3.89. The Morgan fingerprint density at radius 3 is 2.43 bits per heavy atom. The van der Waals surface area contributed by atoms with Crippen LogP contribution in [-0.2, 0) is 11.2 Å². The van der Waals surface area contributed by atoms with Crippen LogP contribution in [0.3, 0.4) is 0 Å². The summed E-state index contributed by atoms with van der Waals surface area (Å²) in [5.74, 6) is 0.239. The quantitative estimate of drug-likeness (QED) is 0.598. The number of carbonyl (C=O) groups is 1. The van der Waals surface area contributed by atoms with E-state index in [1.165, 1.54) is 17.3 Å². The lowest BCUT2D eigenvalue weighted by atomic mass is 10.1. The number of benzene rings is 1. The third-order valence-corrected chi connectivity index (χ3v) is 6.77. The zero-order valence-corrected chi connectivity index (χ0v) is 20.3. The molecule has 190 valence electrons. The van der Waals surface area contributed by atoms with Crippen LogP contribution in [0, 0.1) is 12.7 Å². The number of halogens is 1. The zero-order valence-electron chi connectivity index (χ0n) is 20.3. The van der Waals surface area contributed by atoms with E-state index in [1.54, 1.807) is 20.1 Å². The first-order chi connectivity index (χ1) is 16.9. The minimum absolute atomic E-state index is 0.0946. The van der Waals surface area contributed by atoms with Gasteiger partial charge >= 0.3 is 6.09 Å². The summed E-state index contributed by atoms with van der Waals surface area (Å²) in [5, 5.41) is 9.09. The van der Waals surface area contributed by atoms with E-state index in [2.05, 4.69) is 14.9 Å². The molecule has 0 unspecified atom stereocenters. The van der Waals surface area contributed by atoms with Crippen LogP contribution in [0.2, 0.25) is 0 Å². The smallest absolute Gasteiger partial charge is 0.407 e. The SMILES string of the molecule is COC1CCN(CCc2ccc(Oc3ncnc(OC4CCN(C(=O)O)CC4)c3C)c(F)c2)CC1. The lowest BCUT2D eigenvalue weighted by Crippen LogP contribution is -2.41. The molecule has 0 bridgehead atoms. The maximum atomic E-state index is 14.8. The van der Waals surface area contributed by atoms with Crippen molar-refractivity contribution in [1.82, 2.24) is 19.8 Å². The van der Waals surface area contributed by atoms with Crippen LogP contribution in [0.5, 0.6) is 17.5 Å². The highest BCUT2D eigenvalue weighted by Gasteiger charge is 2.25. The Balaban J connectivity index is 1.33. The van der Waals surface area contributed by atoms with Gasteiger partial charge in [-0.3, -0.25) is 0 Å². The summed E-state index contributed by atoms with van der Waals surface area (Å²) < 4.78 is 32.0. The molecule has 3 heterocycles. The van der Waals surface area contributed by atoms with Gasteiger partial charge in [0.25, 0.3) is 0 Å². The fraction of sp³-hybridized carbons (Fsp3) is 0.560. The number of rotatable bonds is 8. The van der Waals surface area contributed by atoms with Crippen molar-refractivity contribution in [3.63, 3.8) is 0 Å². The number of carboxylic acid groups (broad SMARTS) is 1. The van der Waals surface area contributed by atoms with Gasteiger partial charge < -0.3 is 29.1 Å². The van der Waals surface area contributed by atoms with Crippen molar-refractivity contribution < 1.29 is 28.5 Å². The van der Waals surface area contributed by atoms with Crippen molar-refractivity contribution in [2.24, 2.45) is 0 Å². The highest BCUT2D eigenvalue weighted by molar-refractivity contribution is 5.65. The average molecular weight is 489 g/mol. The summed E-state index contributed by atoms with van der Waals surface area (Å²) >= 11 is 0. The van der Waals surface area contributed by atoms with E-state index in [0.717, 1.165) is 44.5 Å². The number of methoxy groups -OCH3 is 1. The van der Waals surface area contributed by atoms with Gasteiger partial charge in [0.15, 0.2) is 11.6 Å². The fourth-order valence-electron chi connectivity index (χ4n) is 4.51. The predicted molar refractivity (Wildman–Crippen MR) is 127 cm³/mol. The Hall–Kier alpha value is -2.98. The van der Waals surface area contributed by atoms with Crippen molar-refractivity contribution >= 4 is 6.09 Å². The molecule has 1 amide bonds. The third kappa shape index (κ3) is 6.58. The molecule has 9 nitrogen and oxygen atoms in total. The van der Waals surface area contributed by atoms with E-state index >= 15 is 0 Å². The summed E-state index contributed by atoms with van der Waals surface area (Å²) in [6.45, 7) is 5.47. The fourth-order valence-corrected chi connectivity index (χ4v) is 4.51. The van der Waals surface area contributed by atoms with Gasteiger partial charge in [-0.15, -0.1) is 0 Å². The van der Waals surface area contributed by atoms with E-state index in [4.69, 9.17) is 19.3 Å². The summed E-state index contributed by atoms with van der Waals surface area (Å²) in [6, 6.07) is 5.03. The van der Waals surface area contributed by atoms with Crippen molar-refractivity contribution in [1.29, 1.82) is 0 Å². The second-order valence-electron chi connectivity index (χ2n) is 9.09. The summed E-state index contributed by atoms with van der Waals surface area (Å²) in [4.78, 5) is 23.2. The lowest BCUT2D eigenvalue weighted by Gasteiger charge is -2.31. The number of aromatic nitrogens is 2. The second-order valence-corrected chi connectivity index (χ2v) is 9.09. The van der Waals surface area contributed by atoms with Crippen molar-refractivity contribution in [3.8, 4) is 17.5 Å². The van der Waals surface area contributed by atoms with Crippen LogP contribution >= 0.6 is 0 Å². The summed E-state index contributed by atoms with van der Waals surface area (Å²) in [5.41, 5.74) is 1.48. The molecule has 4 rings (SSSR count). The molecule has 0 saturated carbocycles. The second kappa shape index (κ2) is 11.6.